The molecule has 1 atom stereocenters. The summed E-state index contributed by atoms with van der Waals surface area (Å²) in [5.41, 5.74) is 4.54. The number of hydrogen-bond donors (Lipinski definition) is 1. The van der Waals surface area contributed by atoms with Crippen LogP contribution in [0.15, 0.2) is 36.8 Å². The second-order valence-electron chi connectivity index (χ2n) is 7.46. The summed E-state index contributed by atoms with van der Waals surface area (Å²) in [5, 5.41) is 4.70. The minimum atomic E-state index is 0. The molecule has 0 aromatic carbocycles. The van der Waals surface area contributed by atoms with Crippen LogP contribution in [0.2, 0.25) is 0 Å². The van der Waals surface area contributed by atoms with Crippen LogP contribution in [0.25, 0.3) is 10.9 Å². The zero-order chi connectivity index (χ0) is 18.1. The van der Waals surface area contributed by atoms with Gasteiger partial charge in [-0.3, -0.25) is 4.98 Å². The van der Waals surface area contributed by atoms with Gasteiger partial charge in [0.05, 0.1) is 23.5 Å². The predicted molar refractivity (Wildman–Crippen MR) is 112 cm³/mol. The Morgan fingerprint density at radius 1 is 1.22 bits per heavy atom. The van der Waals surface area contributed by atoms with E-state index in [2.05, 4.69) is 59.0 Å². The fourth-order valence-corrected chi connectivity index (χ4v) is 3.68. The van der Waals surface area contributed by atoms with E-state index < -0.39 is 0 Å². The van der Waals surface area contributed by atoms with Gasteiger partial charge < -0.3 is 14.6 Å². The normalized spacial score (nSPS) is 16.7. The Balaban J connectivity index is 0.00000210. The average Bonchev–Trinajstić information content (AvgIpc) is 3.28. The lowest BCUT2D eigenvalue weighted by Crippen LogP contribution is -2.09. The highest BCUT2D eigenvalue weighted by atomic mass is 16.5. The number of aromatic nitrogens is 3. The maximum Gasteiger partial charge on any atom is 0.139 e. The van der Waals surface area contributed by atoms with Crippen molar-refractivity contribution in [1.29, 1.82) is 0 Å². The number of rotatable bonds is 5. The van der Waals surface area contributed by atoms with E-state index >= 15 is 0 Å². The van der Waals surface area contributed by atoms with Crippen LogP contribution in [0.5, 0.6) is 0 Å². The lowest BCUT2D eigenvalue weighted by Gasteiger charge is -2.16. The largest absolute Gasteiger partial charge is 0.381 e. The number of nitrogens with one attached hydrogen (secondary N) is 1. The first-order valence-electron chi connectivity index (χ1n) is 9.37. The highest BCUT2D eigenvalue weighted by molar-refractivity contribution is 5.92. The topological polar surface area (TPSA) is 52.0 Å². The van der Waals surface area contributed by atoms with Gasteiger partial charge in [-0.05, 0) is 43.0 Å². The van der Waals surface area contributed by atoms with Gasteiger partial charge in [0, 0.05) is 43.0 Å². The molecule has 3 aromatic heterocycles. The zero-order valence-corrected chi connectivity index (χ0v) is 15.7. The second kappa shape index (κ2) is 8.09. The summed E-state index contributed by atoms with van der Waals surface area (Å²) in [4.78, 5) is 9.19. The second-order valence-corrected chi connectivity index (χ2v) is 7.46. The van der Waals surface area contributed by atoms with Crippen molar-refractivity contribution in [3.8, 4) is 0 Å². The van der Waals surface area contributed by atoms with Gasteiger partial charge >= 0.3 is 0 Å². The molecule has 1 N–H and O–H groups in total. The maximum absolute atomic E-state index is 5.52. The van der Waals surface area contributed by atoms with E-state index in [-0.39, 0.29) is 7.43 Å². The average molecular weight is 367 g/mol. The van der Waals surface area contributed by atoms with E-state index in [0.717, 1.165) is 48.8 Å². The minimum absolute atomic E-state index is 0. The minimum Gasteiger partial charge on any atom is -0.381 e. The number of hydrogen-bond acceptors (Lipinski definition) is 4. The van der Waals surface area contributed by atoms with Gasteiger partial charge in [-0.25, -0.2) is 4.98 Å². The van der Waals surface area contributed by atoms with E-state index in [9.17, 15) is 0 Å². The molecule has 0 bridgehead atoms. The Morgan fingerprint density at radius 2 is 2.04 bits per heavy atom. The molecule has 4 heterocycles. The molecule has 1 aliphatic rings. The summed E-state index contributed by atoms with van der Waals surface area (Å²) in [6.07, 6.45) is 7.06. The lowest BCUT2D eigenvalue weighted by atomic mass is 10.0. The molecule has 27 heavy (non-hydrogen) atoms. The Labute approximate surface area is 161 Å². The molecule has 4 rings (SSSR count). The molecule has 1 fully saturated rings. The van der Waals surface area contributed by atoms with Crippen molar-refractivity contribution in [2.45, 2.75) is 47.1 Å². The molecule has 1 unspecified atom stereocenters. The number of pyridine rings is 2. The first-order valence-corrected chi connectivity index (χ1v) is 9.37. The van der Waals surface area contributed by atoms with E-state index in [1.807, 2.05) is 18.5 Å². The summed E-state index contributed by atoms with van der Waals surface area (Å²) < 4.78 is 7.84. The molecule has 5 heteroatoms. The van der Waals surface area contributed by atoms with Crippen molar-refractivity contribution >= 4 is 22.4 Å². The van der Waals surface area contributed by atoms with Gasteiger partial charge in [-0.2, -0.15) is 0 Å². The third-order valence-corrected chi connectivity index (χ3v) is 5.16. The van der Waals surface area contributed by atoms with Crippen LogP contribution in [0.1, 0.15) is 44.9 Å². The summed E-state index contributed by atoms with van der Waals surface area (Å²) in [6, 6.07) is 6.29. The standard InChI is InChI=1S/C21H26N4O.CH4/c1-14(2)19-20(15(3)4-8-22-19)24-21-17-6-10-25(18(17)5-9-23-21)12-16-7-11-26-13-16;/h4-6,8-10,14,16H,7,11-13H2,1-3H3,(H,23,24);1H4. The Hall–Kier alpha value is -2.40. The monoisotopic (exact) mass is 366 g/mol. The third kappa shape index (κ3) is 3.83. The van der Waals surface area contributed by atoms with E-state index in [4.69, 9.17) is 4.74 Å². The highest BCUT2D eigenvalue weighted by Gasteiger charge is 2.18. The van der Waals surface area contributed by atoms with Crippen molar-refractivity contribution in [2.24, 2.45) is 5.92 Å². The van der Waals surface area contributed by atoms with Crippen molar-refractivity contribution < 1.29 is 4.74 Å². The summed E-state index contributed by atoms with van der Waals surface area (Å²) >= 11 is 0. The smallest absolute Gasteiger partial charge is 0.139 e. The molecule has 3 aromatic rings. The van der Waals surface area contributed by atoms with Gasteiger partial charge in [0.2, 0.25) is 0 Å². The number of aryl methyl sites for hydroxylation is 1. The Bertz CT molecular complexity index is 910. The van der Waals surface area contributed by atoms with Crippen LogP contribution in [-0.4, -0.2) is 27.7 Å². The van der Waals surface area contributed by atoms with Gasteiger partial charge in [-0.1, -0.05) is 21.3 Å². The van der Waals surface area contributed by atoms with Crippen LogP contribution in [0.3, 0.4) is 0 Å². The number of ether oxygens (including phenoxy) is 1. The van der Waals surface area contributed by atoms with Crippen molar-refractivity contribution in [2.75, 3.05) is 18.5 Å². The van der Waals surface area contributed by atoms with E-state index in [1.165, 1.54) is 11.1 Å². The summed E-state index contributed by atoms with van der Waals surface area (Å²) in [5.74, 6) is 1.84. The van der Waals surface area contributed by atoms with Crippen LogP contribution < -0.4 is 5.32 Å². The number of anilines is 2. The fraction of sp³-hybridized carbons (Fsp3) is 0.455. The Morgan fingerprint density at radius 3 is 2.78 bits per heavy atom. The van der Waals surface area contributed by atoms with E-state index in [0.29, 0.717) is 11.8 Å². The quantitative estimate of drug-likeness (QED) is 0.667. The summed E-state index contributed by atoms with van der Waals surface area (Å²) in [6.45, 7) is 9.19. The molecular weight excluding hydrogens is 336 g/mol. The maximum atomic E-state index is 5.52. The Kier molecular flexibility index (Phi) is 5.80. The first kappa shape index (κ1) is 19.4. The third-order valence-electron chi connectivity index (χ3n) is 5.16. The molecule has 5 nitrogen and oxygen atoms in total. The molecule has 0 amide bonds. The molecule has 1 saturated heterocycles. The van der Waals surface area contributed by atoms with Gasteiger partial charge in [0.1, 0.15) is 5.82 Å². The SMILES string of the molecule is C.Cc1ccnc(C(C)C)c1Nc1nccc2c1ccn2CC1CCOC1. The molecular formula is C22H30N4O. The lowest BCUT2D eigenvalue weighted by molar-refractivity contribution is 0.183. The van der Waals surface area contributed by atoms with Gasteiger partial charge in [0.15, 0.2) is 0 Å². The first-order chi connectivity index (χ1) is 12.6. The summed E-state index contributed by atoms with van der Waals surface area (Å²) in [7, 11) is 0. The molecule has 1 aliphatic heterocycles. The van der Waals surface area contributed by atoms with Gasteiger partial charge in [0.25, 0.3) is 0 Å². The number of nitrogens with zero attached hydrogens (tertiary/aromatic N) is 3. The molecule has 0 spiro atoms. The molecule has 144 valence electrons. The zero-order valence-electron chi connectivity index (χ0n) is 15.7. The van der Waals surface area contributed by atoms with Gasteiger partial charge in [-0.15, -0.1) is 0 Å². The van der Waals surface area contributed by atoms with Crippen LogP contribution in [0.4, 0.5) is 11.5 Å². The van der Waals surface area contributed by atoms with Crippen LogP contribution in [-0.2, 0) is 11.3 Å². The predicted octanol–water partition coefficient (Wildman–Crippen LogP) is 5.28. The van der Waals surface area contributed by atoms with Crippen molar-refractivity contribution in [3.63, 3.8) is 0 Å². The van der Waals surface area contributed by atoms with Crippen molar-refractivity contribution in [3.05, 3.63) is 48.0 Å². The molecule has 0 saturated carbocycles. The van der Waals surface area contributed by atoms with Crippen molar-refractivity contribution in [1.82, 2.24) is 14.5 Å². The molecule has 0 aliphatic carbocycles. The van der Waals surface area contributed by atoms with Crippen LogP contribution in [0, 0.1) is 12.8 Å². The molecule has 0 radical (unpaired) electrons. The van der Waals surface area contributed by atoms with E-state index in [1.54, 1.807) is 0 Å². The fourth-order valence-electron chi connectivity index (χ4n) is 3.68. The highest BCUT2D eigenvalue weighted by Crippen LogP contribution is 2.31. The van der Waals surface area contributed by atoms with Crippen LogP contribution >= 0.6 is 0 Å². The number of fused-ring (bicyclic) bond motifs is 1.